The lowest BCUT2D eigenvalue weighted by molar-refractivity contribution is -0.137. The maximum Gasteiger partial charge on any atom is 0.417 e. The molecule has 0 amide bonds. The van der Waals surface area contributed by atoms with E-state index in [0.29, 0.717) is 30.0 Å². The Hall–Kier alpha value is -2.62. The van der Waals surface area contributed by atoms with E-state index in [1.807, 2.05) is 29.2 Å². The zero-order chi connectivity index (χ0) is 23.6. The number of rotatable bonds is 4. The molecule has 1 aliphatic heterocycles. The molecule has 0 spiro atoms. The number of aromatic nitrogens is 3. The fourth-order valence-corrected chi connectivity index (χ4v) is 4.08. The normalized spacial score (nSPS) is 15.5. The largest absolute Gasteiger partial charge is 0.417 e. The lowest BCUT2D eigenvalue weighted by atomic mass is 10.2. The van der Waals surface area contributed by atoms with E-state index >= 15 is 0 Å². The number of halogens is 5. The molecule has 174 valence electrons. The number of benzene rings is 1. The van der Waals surface area contributed by atoms with Gasteiger partial charge in [0.05, 0.1) is 17.4 Å². The molecule has 1 aromatic carbocycles. The third kappa shape index (κ3) is 5.48. The van der Waals surface area contributed by atoms with E-state index in [0.717, 1.165) is 42.9 Å². The highest BCUT2D eigenvalue weighted by molar-refractivity contribution is 6.33. The second-order valence-electron chi connectivity index (χ2n) is 7.71. The van der Waals surface area contributed by atoms with Crippen LogP contribution in [-0.2, 0) is 12.7 Å². The number of hydrogen-bond donors (Lipinski definition) is 0. The molecule has 0 saturated carbocycles. The van der Waals surface area contributed by atoms with Gasteiger partial charge in [0.1, 0.15) is 5.02 Å². The van der Waals surface area contributed by atoms with Gasteiger partial charge in [-0.05, 0) is 36.2 Å². The molecule has 0 bridgehead atoms. The van der Waals surface area contributed by atoms with Gasteiger partial charge in [-0.3, -0.25) is 9.69 Å². The van der Waals surface area contributed by atoms with Crippen molar-refractivity contribution in [3.05, 3.63) is 80.3 Å². The summed E-state index contributed by atoms with van der Waals surface area (Å²) in [4.78, 5) is 20.8. The van der Waals surface area contributed by atoms with Gasteiger partial charge in [-0.15, -0.1) is 0 Å². The maximum atomic E-state index is 12.8. The van der Waals surface area contributed by atoms with Crippen LogP contribution in [0, 0.1) is 0 Å². The molecule has 1 saturated heterocycles. The van der Waals surface area contributed by atoms with Crippen molar-refractivity contribution in [2.45, 2.75) is 19.1 Å². The first-order chi connectivity index (χ1) is 15.7. The Balaban J connectivity index is 1.49. The highest BCUT2D eigenvalue weighted by atomic mass is 35.5. The van der Waals surface area contributed by atoms with Gasteiger partial charge in [0.25, 0.3) is 5.56 Å². The van der Waals surface area contributed by atoms with Gasteiger partial charge in [0, 0.05) is 43.9 Å². The van der Waals surface area contributed by atoms with Gasteiger partial charge in [-0.1, -0.05) is 35.3 Å². The van der Waals surface area contributed by atoms with Crippen molar-refractivity contribution in [2.24, 2.45) is 0 Å². The third-order valence-corrected chi connectivity index (χ3v) is 6.05. The van der Waals surface area contributed by atoms with E-state index in [1.165, 1.54) is 11.8 Å². The SMILES string of the molecule is O=c1c(Cl)c(N2CCCN(Cc3ccc(Cl)cc3)CC2)cnn1-c1ccc(C(F)(F)F)cn1. The maximum absolute atomic E-state index is 12.8. The van der Waals surface area contributed by atoms with Crippen LogP contribution in [0.5, 0.6) is 0 Å². The summed E-state index contributed by atoms with van der Waals surface area (Å²) in [5, 5.41) is 4.76. The Morgan fingerprint density at radius 3 is 2.36 bits per heavy atom. The summed E-state index contributed by atoms with van der Waals surface area (Å²) in [7, 11) is 0. The second-order valence-corrected chi connectivity index (χ2v) is 8.52. The third-order valence-electron chi connectivity index (χ3n) is 5.44. The van der Waals surface area contributed by atoms with E-state index in [9.17, 15) is 18.0 Å². The van der Waals surface area contributed by atoms with E-state index in [2.05, 4.69) is 15.0 Å². The molecule has 3 heterocycles. The zero-order valence-corrected chi connectivity index (χ0v) is 18.9. The van der Waals surface area contributed by atoms with Crippen LogP contribution < -0.4 is 10.5 Å². The average Bonchev–Trinajstić information content (AvgIpc) is 3.02. The lowest BCUT2D eigenvalue weighted by Crippen LogP contribution is -2.32. The Labute approximate surface area is 198 Å². The average molecular weight is 498 g/mol. The van der Waals surface area contributed by atoms with Gasteiger partial charge in [0.2, 0.25) is 0 Å². The summed E-state index contributed by atoms with van der Waals surface area (Å²) in [6, 6.07) is 9.68. The van der Waals surface area contributed by atoms with Crippen LogP contribution >= 0.6 is 23.2 Å². The monoisotopic (exact) mass is 497 g/mol. The van der Waals surface area contributed by atoms with Crippen LogP contribution in [0.4, 0.5) is 18.9 Å². The number of nitrogens with zero attached hydrogens (tertiary/aromatic N) is 5. The van der Waals surface area contributed by atoms with Crippen molar-refractivity contribution in [2.75, 3.05) is 31.1 Å². The minimum absolute atomic E-state index is 0.0357. The first kappa shape index (κ1) is 23.5. The number of anilines is 1. The van der Waals surface area contributed by atoms with Crippen molar-refractivity contribution in [1.82, 2.24) is 19.7 Å². The minimum atomic E-state index is -4.51. The fraction of sp³-hybridized carbons (Fsp3) is 0.318. The smallest absolute Gasteiger partial charge is 0.368 e. The van der Waals surface area contributed by atoms with Crippen LogP contribution in [0.1, 0.15) is 17.5 Å². The summed E-state index contributed by atoms with van der Waals surface area (Å²) in [6.07, 6.45) is -1.53. The quantitative estimate of drug-likeness (QED) is 0.524. The van der Waals surface area contributed by atoms with Crippen molar-refractivity contribution in [3.8, 4) is 5.82 Å². The van der Waals surface area contributed by atoms with Crippen LogP contribution in [-0.4, -0.2) is 45.8 Å². The molecule has 0 atom stereocenters. The second kappa shape index (κ2) is 9.70. The molecule has 11 heteroatoms. The summed E-state index contributed by atoms with van der Waals surface area (Å²) < 4.78 is 39.2. The highest BCUT2D eigenvalue weighted by Gasteiger charge is 2.31. The predicted octanol–water partition coefficient (Wildman–Crippen LogP) is 4.67. The van der Waals surface area contributed by atoms with Gasteiger partial charge < -0.3 is 4.90 Å². The van der Waals surface area contributed by atoms with Crippen molar-refractivity contribution in [1.29, 1.82) is 0 Å². The van der Waals surface area contributed by atoms with Crippen molar-refractivity contribution in [3.63, 3.8) is 0 Å². The Kier molecular flexibility index (Phi) is 6.92. The van der Waals surface area contributed by atoms with Crippen molar-refractivity contribution >= 4 is 28.9 Å². The molecule has 33 heavy (non-hydrogen) atoms. The molecule has 6 nitrogen and oxygen atoms in total. The topological polar surface area (TPSA) is 54.3 Å². The van der Waals surface area contributed by atoms with E-state index in [4.69, 9.17) is 23.2 Å². The molecule has 0 radical (unpaired) electrons. The lowest BCUT2D eigenvalue weighted by Gasteiger charge is -2.24. The molecule has 2 aromatic heterocycles. The number of pyridine rings is 1. The van der Waals surface area contributed by atoms with Gasteiger partial charge >= 0.3 is 6.18 Å². The molecular weight excluding hydrogens is 478 g/mol. The Morgan fingerprint density at radius 2 is 1.70 bits per heavy atom. The molecule has 0 unspecified atom stereocenters. The Morgan fingerprint density at radius 1 is 0.939 bits per heavy atom. The first-order valence-electron chi connectivity index (χ1n) is 10.3. The van der Waals surface area contributed by atoms with Gasteiger partial charge in [-0.25, -0.2) is 4.98 Å². The number of hydrogen-bond acceptors (Lipinski definition) is 5. The standard InChI is InChI=1S/C22H20Cl2F3N5O/c23-17-5-2-15(3-6-17)14-30-8-1-9-31(11-10-30)18-13-29-32(21(33)20(18)24)19-7-4-16(12-28-19)22(25,26)27/h2-7,12-13H,1,8-11,14H2. The van der Waals surface area contributed by atoms with E-state index in [1.54, 1.807) is 0 Å². The molecule has 1 aliphatic rings. The van der Waals surface area contributed by atoms with E-state index < -0.39 is 17.3 Å². The van der Waals surface area contributed by atoms with Crippen molar-refractivity contribution < 1.29 is 13.2 Å². The number of alkyl halides is 3. The molecule has 1 fully saturated rings. The predicted molar refractivity (Wildman–Crippen MR) is 121 cm³/mol. The van der Waals surface area contributed by atoms with Gasteiger partial charge in [0.15, 0.2) is 5.82 Å². The van der Waals surface area contributed by atoms with Crippen LogP contribution in [0.15, 0.2) is 53.6 Å². The van der Waals surface area contributed by atoms with Gasteiger partial charge in [-0.2, -0.15) is 23.0 Å². The summed E-state index contributed by atoms with van der Waals surface area (Å²) in [6.45, 7) is 3.79. The first-order valence-corrected chi connectivity index (χ1v) is 11.0. The minimum Gasteiger partial charge on any atom is -0.368 e. The summed E-state index contributed by atoms with van der Waals surface area (Å²) in [5.41, 5.74) is 0.121. The molecule has 3 aromatic rings. The summed E-state index contributed by atoms with van der Waals surface area (Å²) in [5.74, 6) is -0.0357. The highest BCUT2D eigenvalue weighted by Crippen LogP contribution is 2.29. The Bertz CT molecular complexity index is 1170. The molecule has 4 rings (SSSR count). The fourth-order valence-electron chi connectivity index (χ4n) is 3.70. The summed E-state index contributed by atoms with van der Waals surface area (Å²) >= 11 is 12.3. The molecular formula is C22H20Cl2F3N5O. The van der Waals surface area contributed by atoms with Crippen LogP contribution in [0.25, 0.3) is 5.82 Å². The molecule has 0 aliphatic carbocycles. The molecule has 0 N–H and O–H groups in total. The van der Waals surface area contributed by atoms with Crippen LogP contribution in [0.2, 0.25) is 10.0 Å². The van der Waals surface area contributed by atoms with E-state index in [-0.39, 0.29) is 10.8 Å². The van der Waals surface area contributed by atoms with Crippen LogP contribution in [0.3, 0.4) is 0 Å². The zero-order valence-electron chi connectivity index (χ0n) is 17.4.